The fraction of sp³-hybridized carbons (Fsp3) is 0.476. The highest BCUT2D eigenvalue weighted by Gasteiger charge is 2.33. The highest BCUT2D eigenvalue weighted by molar-refractivity contribution is 7.17. The van der Waals surface area contributed by atoms with Gasteiger partial charge in [0, 0.05) is 70.4 Å². The number of amides is 4. The third-order valence-corrected chi connectivity index (χ3v) is 13.2. The van der Waals surface area contributed by atoms with Crippen LogP contribution >= 0.6 is 22.9 Å². The van der Waals surface area contributed by atoms with Gasteiger partial charge in [-0.1, -0.05) is 41.1 Å². The van der Waals surface area contributed by atoms with Gasteiger partial charge >= 0.3 is 0 Å². The SMILES string of the molecule is Cc1nc(Nc2ncc(C(=O)Nc3c(C)cccc3Cl)s2)cc(N2CCN(C(=O)C3CCN(CC4CCN(c5ccc(C6CCC(=O)NC6=O)cn5)CC4)CC3)CC2)n1. The van der Waals surface area contributed by atoms with E-state index in [1.807, 2.05) is 49.1 Å². The second-order valence-corrected chi connectivity index (χ2v) is 17.4. The first kappa shape index (κ1) is 40.6. The van der Waals surface area contributed by atoms with Crippen LogP contribution in [-0.2, 0) is 14.4 Å². The number of likely N-dealkylation sites (tertiary alicyclic amines) is 1. The first-order chi connectivity index (χ1) is 28.6. The van der Waals surface area contributed by atoms with Gasteiger partial charge in [0.15, 0.2) is 5.13 Å². The molecule has 0 radical (unpaired) electrons. The Balaban J connectivity index is 0.759. The van der Waals surface area contributed by atoms with E-state index in [1.165, 1.54) is 17.5 Å². The molecule has 3 N–H and O–H groups in total. The molecule has 310 valence electrons. The molecule has 4 aliphatic rings. The zero-order valence-electron chi connectivity index (χ0n) is 33.5. The maximum absolute atomic E-state index is 13.7. The fourth-order valence-electron chi connectivity index (χ4n) is 8.58. The smallest absolute Gasteiger partial charge is 0.267 e. The zero-order valence-corrected chi connectivity index (χ0v) is 35.0. The van der Waals surface area contributed by atoms with Gasteiger partial charge in [0.1, 0.15) is 28.2 Å². The van der Waals surface area contributed by atoms with Crippen molar-refractivity contribution in [3.05, 3.63) is 75.6 Å². The summed E-state index contributed by atoms with van der Waals surface area (Å²) in [6, 6.07) is 11.3. The average molecular weight is 840 g/mol. The van der Waals surface area contributed by atoms with Crippen molar-refractivity contribution in [3.8, 4) is 0 Å². The predicted molar refractivity (Wildman–Crippen MR) is 229 cm³/mol. The Labute approximate surface area is 352 Å². The maximum Gasteiger partial charge on any atom is 0.267 e. The first-order valence-electron chi connectivity index (χ1n) is 20.5. The van der Waals surface area contributed by atoms with Crippen LogP contribution in [0, 0.1) is 25.7 Å². The van der Waals surface area contributed by atoms with E-state index in [4.69, 9.17) is 16.6 Å². The van der Waals surface area contributed by atoms with Crippen molar-refractivity contribution in [3.63, 3.8) is 0 Å². The molecular formula is C42H50ClN11O4S. The molecule has 0 saturated carbocycles. The van der Waals surface area contributed by atoms with Gasteiger partial charge in [-0.25, -0.2) is 19.9 Å². The molecule has 4 fully saturated rings. The molecule has 1 aromatic carbocycles. The highest BCUT2D eigenvalue weighted by Crippen LogP contribution is 2.31. The molecule has 4 amide bonds. The van der Waals surface area contributed by atoms with Gasteiger partial charge in [0.25, 0.3) is 5.91 Å². The quantitative estimate of drug-likeness (QED) is 0.175. The number of piperazine rings is 1. The number of aromatic nitrogens is 4. The van der Waals surface area contributed by atoms with Crippen LogP contribution in [0.2, 0.25) is 5.02 Å². The number of carbonyl (C=O) groups is 4. The molecule has 8 rings (SSSR count). The Morgan fingerprint density at radius 2 is 1.63 bits per heavy atom. The van der Waals surface area contributed by atoms with Gasteiger partial charge < -0.3 is 30.2 Å². The molecule has 1 atom stereocenters. The molecule has 17 heteroatoms. The van der Waals surface area contributed by atoms with Crippen LogP contribution < -0.4 is 25.8 Å². The second kappa shape index (κ2) is 18.0. The minimum Gasteiger partial charge on any atom is -0.357 e. The van der Waals surface area contributed by atoms with Gasteiger partial charge in [-0.05, 0) is 88.2 Å². The lowest BCUT2D eigenvalue weighted by atomic mass is 9.91. The van der Waals surface area contributed by atoms with Crippen molar-refractivity contribution < 1.29 is 19.2 Å². The van der Waals surface area contributed by atoms with E-state index in [2.05, 4.69) is 45.6 Å². The predicted octanol–water partition coefficient (Wildman–Crippen LogP) is 5.39. The van der Waals surface area contributed by atoms with Gasteiger partial charge in [0.2, 0.25) is 17.7 Å². The number of rotatable bonds is 10. The van der Waals surface area contributed by atoms with E-state index in [1.54, 1.807) is 12.3 Å². The third kappa shape index (κ3) is 9.66. The summed E-state index contributed by atoms with van der Waals surface area (Å²) in [7, 11) is 0. The van der Waals surface area contributed by atoms with Crippen LogP contribution in [0.1, 0.15) is 71.1 Å². The Hall–Kier alpha value is -5.19. The molecule has 7 heterocycles. The number of imide groups is 1. The lowest BCUT2D eigenvalue weighted by Crippen LogP contribution is -2.52. The van der Waals surface area contributed by atoms with E-state index >= 15 is 0 Å². The molecule has 0 bridgehead atoms. The summed E-state index contributed by atoms with van der Waals surface area (Å²) in [5.41, 5.74) is 2.31. The van der Waals surface area contributed by atoms with Crippen LogP contribution in [0.15, 0.2) is 48.8 Å². The van der Waals surface area contributed by atoms with E-state index in [0.717, 1.165) is 81.2 Å². The summed E-state index contributed by atoms with van der Waals surface area (Å²) in [6.07, 6.45) is 8.18. The number of nitrogens with one attached hydrogen (secondary N) is 3. The minimum absolute atomic E-state index is 0.0601. The Morgan fingerprint density at radius 1 is 0.864 bits per heavy atom. The third-order valence-electron chi connectivity index (χ3n) is 12.0. The molecule has 0 spiro atoms. The number of carbonyl (C=O) groups excluding carboxylic acids is 4. The number of halogens is 1. The molecule has 0 aliphatic carbocycles. The van der Waals surface area contributed by atoms with E-state index < -0.39 is 0 Å². The van der Waals surface area contributed by atoms with Crippen LogP contribution in [0.5, 0.6) is 0 Å². The number of hydrogen-bond acceptors (Lipinski definition) is 13. The summed E-state index contributed by atoms with van der Waals surface area (Å²) in [4.78, 5) is 78.3. The van der Waals surface area contributed by atoms with Crippen molar-refractivity contribution in [2.45, 2.75) is 58.3 Å². The van der Waals surface area contributed by atoms with Crippen LogP contribution in [-0.4, -0.2) is 112 Å². The maximum atomic E-state index is 13.7. The second-order valence-electron chi connectivity index (χ2n) is 16.0. The minimum atomic E-state index is -0.315. The number of hydrogen-bond donors (Lipinski definition) is 3. The van der Waals surface area contributed by atoms with Crippen LogP contribution in [0.3, 0.4) is 0 Å². The highest BCUT2D eigenvalue weighted by atomic mass is 35.5. The van der Waals surface area contributed by atoms with Crippen molar-refractivity contribution >= 4 is 74.8 Å². The number of para-hydroxylation sites is 1. The molecule has 4 aromatic rings. The largest absolute Gasteiger partial charge is 0.357 e. The normalized spacial score (nSPS) is 19.8. The number of nitrogens with zero attached hydrogens (tertiary/aromatic N) is 8. The summed E-state index contributed by atoms with van der Waals surface area (Å²) in [5.74, 6) is 2.82. The average Bonchev–Trinajstić information content (AvgIpc) is 3.71. The molecule has 4 saturated heterocycles. The molecule has 3 aromatic heterocycles. The topological polar surface area (TPSA) is 169 Å². The van der Waals surface area contributed by atoms with Crippen molar-refractivity contribution in [1.82, 2.24) is 35.1 Å². The number of thiazole rings is 1. The monoisotopic (exact) mass is 839 g/mol. The Kier molecular flexibility index (Phi) is 12.4. The van der Waals surface area contributed by atoms with Crippen molar-refractivity contribution in [2.24, 2.45) is 11.8 Å². The van der Waals surface area contributed by atoms with Gasteiger partial charge in [-0.2, -0.15) is 0 Å². The van der Waals surface area contributed by atoms with Crippen LogP contribution in [0.25, 0.3) is 0 Å². The number of pyridine rings is 1. The molecule has 59 heavy (non-hydrogen) atoms. The van der Waals surface area contributed by atoms with Crippen molar-refractivity contribution in [2.75, 3.05) is 79.3 Å². The van der Waals surface area contributed by atoms with Gasteiger partial charge in [-0.3, -0.25) is 24.5 Å². The number of piperidine rings is 3. The number of aryl methyl sites for hydroxylation is 2. The van der Waals surface area contributed by atoms with E-state index in [0.29, 0.717) is 77.3 Å². The van der Waals surface area contributed by atoms with Gasteiger partial charge in [-0.15, -0.1) is 0 Å². The Morgan fingerprint density at radius 3 is 2.34 bits per heavy atom. The first-order valence-corrected chi connectivity index (χ1v) is 21.7. The standard InChI is InChI=1S/C42H50ClN11O4S/c1-26-4-3-5-32(43)38(26)50-40(57)33-24-45-42(59-33)48-34-22-36(47-27(2)46-34)53-18-20-54(21-19-53)41(58)29-12-14-51(15-13-29)25-28-10-16-52(17-11-28)35-8-6-30(23-44-35)31-7-9-37(55)49-39(31)56/h3-6,8,22-24,28-29,31H,7,9-21,25H2,1-2H3,(H,50,57)(H,49,55,56)(H,45,46,47,48). The van der Waals surface area contributed by atoms with E-state index in [9.17, 15) is 19.2 Å². The van der Waals surface area contributed by atoms with Crippen molar-refractivity contribution in [1.29, 1.82) is 0 Å². The molecule has 15 nitrogen and oxygen atoms in total. The summed E-state index contributed by atoms with van der Waals surface area (Å²) < 4.78 is 0. The zero-order chi connectivity index (χ0) is 41.0. The summed E-state index contributed by atoms with van der Waals surface area (Å²) in [5, 5.41) is 9.58. The number of benzene rings is 1. The summed E-state index contributed by atoms with van der Waals surface area (Å²) >= 11 is 7.53. The molecule has 1 unspecified atom stereocenters. The lowest BCUT2D eigenvalue weighted by molar-refractivity contribution is -0.137. The lowest BCUT2D eigenvalue weighted by Gasteiger charge is -2.40. The fourth-order valence-corrected chi connectivity index (χ4v) is 9.57. The molecule has 4 aliphatic heterocycles. The van der Waals surface area contributed by atoms with Crippen LogP contribution in [0.4, 0.5) is 28.3 Å². The number of anilines is 5. The Bertz CT molecular complexity index is 2160. The summed E-state index contributed by atoms with van der Waals surface area (Å²) in [6.45, 7) is 11.2. The molecular weight excluding hydrogens is 790 g/mol. The van der Waals surface area contributed by atoms with Gasteiger partial charge in [0.05, 0.1) is 22.8 Å². The van der Waals surface area contributed by atoms with E-state index in [-0.39, 0.29) is 35.5 Å².